The highest BCUT2D eigenvalue weighted by atomic mass is 16.6. The highest BCUT2D eigenvalue weighted by Crippen LogP contribution is 2.15. The number of nitro groups is 1. The van der Waals surface area contributed by atoms with E-state index >= 15 is 0 Å². The van der Waals surface area contributed by atoms with E-state index in [0.29, 0.717) is 5.75 Å². The number of hydrogen-bond donors (Lipinski definition) is 0. The first-order valence-corrected chi connectivity index (χ1v) is 4.10. The van der Waals surface area contributed by atoms with E-state index in [4.69, 9.17) is 4.74 Å². The molecule has 74 valence electrons. The second kappa shape index (κ2) is 4.41. The number of allylic oxidation sites excluding steroid dienone is 1. The van der Waals surface area contributed by atoms with Crippen molar-refractivity contribution in [2.45, 2.75) is 6.92 Å². The van der Waals surface area contributed by atoms with Crippen molar-refractivity contribution in [1.82, 2.24) is 0 Å². The lowest BCUT2D eigenvalue weighted by Crippen LogP contribution is -1.93. The molecule has 0 aromatic heterocycles. The number of ether oxygens (including phenoxy) is 1. The van der Waals surface area contributed by atoms with Gasteiger partial charge in [0.1, 0.15) is 5.75 Å². The van der Waals surface area contributed by atoms with Gasteiger partial charge >= 0.3 is 0 Å². The molecule has 0 saturated carbocycles. The van der Waals surface area contributed by atoms with Crippen LogP contribution in [0.5, 0.6) is 5.75 Å². The van der Waals surface area contributed by atoms with Gasteiger partial charge in [0.25, 0.3) is 0 Å². The van der Waals surface area contributed by atoms with Gasteiger partial charge in [0.2, 0.25) is 5.70 Å². The molecule has 0 aliphatic rings. The molecular weight excluding hydrogens is 182 g/mol. The van der Waals surface area contributed by atoms with Gasteiger partial charge in [-0.05, 0) is 17.7 Å². The van der Waals surface area contributed by atoms with Crippen molar-refractivity contribution in [2.24, 2.45) is 0 Å². The molecule has 0 saturated heterocycles. The third-order valence-corrected chi connectivity index (χ3v) is 1.76. The van der Waals surface area contributed by atoms with Gasteiger partial charge in [-0.15, -0.1) is 0 Å². The molecule has 0 bridgehead atoms. The molecular formula is C10H11NO3. The van der Waals surface area contributed by atoms with E-state index in [1.807, 2.05) is 0 Å². The molecule has 4 nitrogen and oxygen atoms in total. The minimum atomic E-state index is -0.417. The molecule has 0 N–H and O–H groups in total. The van der Waals surface area contributed by atoms with Crippen LogP contribution in [0.25, 0.3) is 6.08 Å². The number of benzene rings is 1. The van der Waals surface area contributed by atoms with Gasteiger partial charge in [-0.25, -0.2) is 0 Å². The average molecular weight is 193 g/mol. The van der Waals surface area contributed by atoms with E-state index in [2.05, 4.69) is 0 Å². The van der Waals surface area contributed by atoms with Gasteiger partial charge in [-0.2, -0.15) is 0 Å². The van der Waals surface area contributed by atoms with Crippen LogP contribution in [0.3, 0.4) is 0 Å². The second-order valence-electron chi connectivity index (χ2n) is 2.82. The van der Waals surface area contributed by atoms with Crippen molar-refractivity contribution in [2.75, 3.05) is 7.11 Å². The Balaban J connectivity index is 2.97. The molecule has 1 rings (SSSR count). The first-order valence-electron chi connectivity index (χ1n) is 4.10. The molecule has 0 atom stereocenters. The van der Waals surface area contributed by atoms with Gasteiger partial charge < -0.3 is 4.74 Å². The van der Waals surface area contributed by atoms with Crippen LogP contribution in [0.4, 0.5) is 0 Å². The summed E-state index contributed by atoms with van der Waals surface area (Å²) in [6, 6.07) is 7.11. The van der Waals surface area contributed by atoms with Gasteiger partial charge in [0.15, 0.2) is 0 Å². The standard InChI is InChI=1S/C10H11NO3/c1-8(11(12)13)6-9-4-3-5-10(7-9)14-2/h3-7H,1-2H3/b8-6+. The van der Waals surface area contributed by atoms with Crippen LogP contribution in [0, 0.1) is 10.1 Å². The normalized spacial score (nSPS) is 11.1. The van der Waals surface area contributed by atoms with Crippen molar-refractivity contribution in [1.29, 1.82) is 0 Å². The SMILES string of the molecule is COc1cccc(/C=C(\C)[N+](=O)[O-])c1. The predicted molar refractivity (Wildman–Crippen MR) is 53.6 cm³/mol. The summed E-state index contributed by atoms with van der Waals surface area (Å²) in [5.41, 5.74) is 0.872. The molecule has 0 radical (unpaired) electrons. The van der Waals surface area contributed by atoms with Gasteiger partial charge in [0.05, 0.1) is 12.0 Å². The molecule has 0 unspecified atom stereocenters. The maximum Gasteiger partial charge on any atom is 0.243 e. The van der Waals surface area contributed by atoms with Crippen LogP contribution in [0.1, 0.15) is 12.5 Å². The van der Waals surface area contributed by atoms with Crippen molar-refractivity contribution in [3.05, 3.63) is 45.6 Å². The Hall–Kier alpha value is -1.84. The number of nitrogens with zero attached hydrogens (tertiary/aromatic N) is 1. The van der Waals surface area contributed by atoms with E-state index in [9.17, 15) is 10.1 Å². The number of hydrogen-bond acceptors (Lipinski definition) is 3. The Morgan fingerprint density at radius 1 is 1.57 bits per heavy atom. The van der Waals surface area contributed by atoms with Crippen LogP contribution in [-0.2, 0) is 0 Å². The van der Waals surface area contributed by atoms with Crippen molar-refractivity contribution >= 4 is 6.08 Å². The molecule has 0 spiro atoms. The number of rotatable bonds is 3. The van der Waals surface area contributed by atoms with E-state index in [1.54, 1.807) is 31.4 Å². The molecule has 0 heterocycles. The Kier molecular flexibility index (Phi) is 3.23. The van der Waals surface area contributed by atoms with Gasteiger partial charge in [-0.1, -0.05) is 12.1 Å². The molecule has 1 aromatic rings. The van der Waals surface area contributed by atoms with E-state index in [1.165, 1.54) is 13.0 Å². The fourth-order valence-electron chi connectivity index (χ4n) is 1.03. The lowest BCUT2D eigenvalue weighted by Gasteiger charge is -1.99. The topological polar surface area (TPSA) is 52.4 Å². The van der Waals surface area contributed by atoms with Crippen molar-refractivity contribution in [3.8, 4) is 5.75 Å². The summed E-state index contributed by atoms with van der Waals surface area (Å²) >= 11 is 0. The molecule has 0 aliphatic heterocycles. The van der Waals surface area contributed by atoms with E-state index < -0.39 is 4.92 Å². The zero-order valence-electron chi connectivity index (χ0n) is 8.06. The molecule has 4 heteroatoms. The summed E-state index contributed by atoms with van der Waals surface area (Å²) in [5, 5.41) is 10.4. The monoisotopic (exact) mass is 193 g/mol. The third kappa shape index (κ3) is 2.58. The average Bonchev–Trinajstić information content (AvgIpc) is 2.18. The lowest BCUT2D eigenvalue weighted by atomic mass is 10.2. The Morgan fingerprint density at radius 3 is 2.86 bits per heavy atom. The highest BCUT2D eigenvalue weighted by Gasteiger charge is 2.02. The van der Waals surface area contributed by atoms with E-state index in [0.717, 1.165) is 5.56 Å². The fraction of sp³-hybridized carbons (Fsp3) is 0.200. The summed E-state index contributed by atoms with van der Waals surface area (Å²) in [5.74, 6) is 0.690. The molecule has 1 aromatic carbocycles. The van der Waals surface area contributed by atoms with Gasteiger partial charge in [-0.3, -0.25) is 10.1 Å². The highest BCUT2D eigenvalue weighted by molar-refractivity contribution is 5.52. The molecule has 0 aliphatic carbocycles. The van der Waals surface area contributed by atoms with Crippen molar-refractivity contribution in [3.63, 3.8) is 0 Å². The van der Waals surface area contributed by atoms with Crippen LogP contribution >= 0.6 is 0 Å². The quantitative estimate of drug-likeness (QED) is 0.546. The molecule has 0 fully saturated rings. The maximum atomic E-state index is 10.4. The minimum Gasteiger partial charge on any atom is -0.497 e. The minimum absolute atomic E-state index is 0.109. The molecule has 14 heavy (non-hydrogen) atoms. The first-order chi connectivity index (χ1) is 6.63. The lowest BCUT2D eigenvalue weighted by molar-refractivity contribution is -0.422. The maximum absolute atomic E-state index is 10.4. The largest absolute Gasteiger partial charge is 0.497 e. The van der Waals surface area contributed by atoms with Crippen LogP contribution in [0.15, 0.2) is 30.0 Å². The van der Waals surface area contributed by atoms with Crippen LogP contribution in [-0.4, -0.2) is 12.0 Å². The Bertz CT molecular complexity index is 371. The smallest absolute Gasteiger partial charge is 0.243 e. The molecule has 0 amide bonds. The summed E-state index contributed by atoms with van der Waals surface area (Å²) in [6.07, 6.45) is 1.50. The van der Waals surface area contributed by atoms with E-state index in [-0.39, 0.29) is 5.70 Å². The van der Waals surface area contributed by atoms with Crippen LogP contribution < -0.4 is 4.74 Å². The second-order valence-corrected chi connectivity index (χ2v) is 2.82. The summed E-state index contributed by atoms with van der Waals surface area (Å²) in [6.45, 7) is 1.46. The predicted octanol–water partition coefficient (Wildman–Crippen LogP) is 2.33. The zero-order valence-corrected chi connectivity index (χ0v) is 8.06. The first kappa shape index (κ1) is 10.2. The summed E-state index contributed by atoms with van der Waals surface area (Å²) < 4.78 is 5.00. The third-order valence-electron chi connectivity index (χ3n) is 1.76. The van der Waals surface area contributed by atoms with Crippen LogP contribution in [0.2, 0.25) is 0 Å². The summed E-state index contributed by atoms with van der Waals surface area (Å²) in [7, 11) is 1.56. The summed E-state index contributed by atoms with van der Waals surface area (Å²) in [4.78, 5) is 9.95. The Labute approximate surface area is 82.0 Å². The fourth-order valence-corrected chi connectivity index (χ4v) is 1.03. The number of methoxy groups -OCH3 is 1. The zero-order chi connectivity index (χ0) is 10.6. The Morgan fingerprint density at radius 2 is 2.29 bits per heavy atom. The van der Waals surface area contributed by atoms with Gasteiger partial charge in [0, 0.05) is 13.0 Å². The van der Waals surface area contributed by atoms with Crippen molar-refractivity contribution < 1.29 is 9.66 Å².